The van der Waals surface area contributed by atoms with Crippen LogP contribution in [0.1, 0.15) is 56.5 Å². The third kappa shape index (κ3) is 5.34. The number of carbonyl (C=O) groups excluding carboxylic acids is 1. The van der Waals surface area contributed by atoms with Crippen LogP contribution in [0.2, 0.25) is 0 Å². The van der Waals surface area contributed by atoms with Crippen molar-refractivity contribution in [1.29, 1.82) is 0 Å². The van der Waals surface area contributed by atoms with E-state index in [-0.39, 0.29) is 30.4 Å². The van der Waals surface area contributed by atoms with Crippen LogP contribution in [0.5, 0.6) is 5.75 Å². The topological polar surface area (TPSA) is 89.4 Å². The number of phenols is 1. The molecule has 192 valence electrons. The number of amidine groups is 1. The molecule has 2 aromatic rings. The number of aromatic hydroxyl groups is 1. The summed E-state index contributed by atoms with van der Waals surface area (Å²) < 4.78 is 5.75. The molecule has 5 rings (SSSR count). The van der Waals surface area contributed by atoms with E-state index in [1.165, 1.54) is 18.4 Å². The number of morpholine rings is 1. The van der Waals surface area contributed by atoms with Gasteiger partial charge in [-0.3, -0.25) is 14.7 Å². The molecule has 4 unspecified atom stereocenters. The molecule has 0 aliphatic carbocycles. The minimum absolute atomic E-state index is 0.0540. The molecule has 0 spiro atoms. The molecule has 2 saturated heterocycles. The number of hydrogen-bond acceptors (Lipinski definition) is 7. The molecule has 3 N–H and O–H groups in total. The Balaban J connectivity index is 1.30. The van der Waals surface area contributed by atoms with Crippen molar-refractivity contribution < 1.29 is 14.6 Å². The van der Waals surface area contributed by atoms with Gasteiger partial charge in [0.2, 0.25) is 5.91 Å². The van der Waals surface area contributed by atoms with Gasteiger partial charge >= 0.3 is 0 Å². The Morgan fingerprint density at radius 3 is 2.53 bits per heavy atom. The molecule has 0 saturated carbocycles. The molecule has 8 nitrogen and oxygen atoms in total. The van der Waals surface area contributed by atoms with Gasteiger partial charge in [-0.15, -0.1) is 0 Å². The molecule has 0 radical (unpaired) electrons. The standard InChI is InChI=1S/C28H37N5O3/c1-18(2)29-26(35)15-32-28(22-5-4-6-25(34)14-22)30-27(31-32)21-9-7-20(8-10-21)13-19(3)33-23-11-12-24(33)17-36-16-23/h4-10,14,18-19,23-24,28,34H,11-13,15-17H2,1-3H3,(H,29,35)(H,30,31). The van der Waals surface area contributed by atoms with Gasteiger partial charge in [-0.25, -0.2) is 0 Å². The lowest BCUT2D eigenvalue weighted by atomic mass is 10.0. The highest BCUT2D eigenvalue weighted by Gasteiger charge is 2.39. The van der Waals surface area contributed by atoms with Crippen LogP contribution in [0.4, 0.5) is 0 Å². The first-order valence-corrected chi connectivity index (χ1v) is 13.0. The summed E-state index contributed by atoms with van der Waals surface area (Å²) in [5.74, 6) is 0.802. The quantitative estimate of drug-likeness (QED) is 0.526. The van der Waals surface area contributed by atoms with Gasteiger partial charge in [-0.1, -0.05) is 36.4 Å². The fraction of sp³-hybridized carbons (Fsp3) is 0.500. The van der Waals surface area contributed by atoms with Gasteiger partial charge in [-0.05, 0) is 63.3 Å². The van der Waals surface area contributed by atoms with E-state index in [1.54, 1.807) is 23.2 Å². The molecule has 3 heterocycles. The van der Waals surface area contributed by atoms with Crippen molar-refractivity contribution in [2.24, 2.45) is 5.10 Å². The first-order chi connectivity index (χ1) is 17.4. The number of fused-ring (bicyclic) bond motifs is 2. The maximum Gasteiger partial charge on any atom is 0.241 e. The van der Waals surface area contributed by atoms with Gasteiger partial charge in [0, 0.05) is 29.7 Å². The predicted molar refractivity (Wildman–Crippen MR) is 140 cm³/mol. The summed E-state index contributed by atoms with van der Waals surface area (Å²) in [5.41, 5.74) is 3.11. The van der Waals surface area contributed by atoms with Crippen LogP contribution in [0.15, 0.2) is 53.6 Å². The van der Waals surface area contributed by atoms with E-state index in [0.717, 1.165) is 30.8 Å². The van der Waals surface area contributed by atoms with Crippen molar-refractivity contribution >= 4 is 11.7 Å². The summed E-state index contributed by atoms with van der Waals surface area (Å²) in [7, 11) is 0. The number of rotatable bonds is 8. The highest BCUT2D eigenvalue weighted by atomic mass is 16.5. The Labute approximate surface area is 213 Å². The van der Waals surface area contributed by atoms with Crippen LogP contribution >= 0.6 is 0 Å². The smallest absolute Gasteiger partial charge is 0.241 e. The number of hydrogen-bond donors (Lipinski definition) is 3. The van der Waals surface area contributed by atoms with Gasteiger partial charge < -0.3 is 20.5 Å². The summed E-state index contributed by atoms with van der Waals surface area (Å²) in [6.07, 6.45) is 3.14. The van der Waals surface area contributed by atoms with Gasteiger partial charge in [0.25, 0.3) is 0 Å². The van der Waals surface area contributed by atoms with Crippen molar-refractivity contribution in [3.63, 3.8) is 0 Å². The molecule has 2 bridgehead atoms. The molecule has 2 fully saturated rings. The molecule has 8 heteroatoms. The number of nitrogens with zero attached hydrogens (tertiary/aromatic N) is 3. The first kappa shape index (κ1) is 24.6. The maximum atomic E-state index is 12.5. The summed E-state index contributed by atoms with van der Waals surface area (Å²) in [6, 6.07) is 17.3. The second-order valence-electron chi connectivity index (χ2n) is 10.5. The zero-order valence-corrected chi connectivity index (χ0v) is 21.4. The molecule has 36 heavy (non-hydrogen) atoms. The van der Waals surface area contributed by atoms with E-state index >= 15 is 0 Å². The molecular weight excluding hydrogens is 454 g/mol. The summed E-state index contributed by atoms with van der Waals surface area (Å²) in [6.45, 7) is 8.04. The van der Waals surface area contributed by atoms with Gasteiger partial charge in [0.05, 0.1) is 13.2 Å². The van der Waals surface area contributed by atoms with Gasteiger partial charge in [-0.2, -0.15) is 5.10 Å². The highest BCUT2D eigenvalue weighted by molar-refractivity contribution is 6.00. The average molecular weight is 492 g/mol. The lowest BCUT2D eigenvalue weighted by molar-refractivity contribution is -0.123. The minimum Gasteiger partial charge on any atom is -0.508 e. The molecule has 3 aliphatic heterocycles. The van der Waals surface area contributed by atoms with Gasteiger partial charge in [0.15, 0.2) is 5.84 Å². The number of phenolic OH excluding ortho intramolecular Hbond substituents is 1. The van der Waals surface area contributed by atoms with E-state index in [4.69, 9.17) is 9.84 Å². The monoisotopic (exact) mass is 491 g/mol. The van der Waals surface area contributed by atoms with Crippen molar-refractivity contribution in [2.45, 2.75) is 70.4 Å². The van der Waals surface area contributed by atoms with Crippen LogP contribution in [-0.4, -0.2) is 70.7 Å². The molecule has 0 aromatic heterocycles. The number of amides is 1. The zero-order chi connectivity index (χ0) is 25.2. The van der Waals surface area contributed by atoms with E-state index < -0.39 is 0 Å². The largest absolute Gasteiger partial charge is 0.508 e. The van der Waals surface area contributed by atoms with E-state index in [2.05, 4.69) is 46.7 Å². The summed E-state index contributed by atoms with van der Waals surface area (Å²) in [5, 5.41) is 22.9. The number of carbonyl (C=O) groups is 1. The Kier molecular flexibility index (Phi) is 7.16. The SMILES string of the molecule is CC(C)NC(=O)CN1N=C(c2ccc(CC(C)N3C4CCC3COC4)cc2)NC1c1cccc(O)c1. The second-order valence-corrected chi connectivity index (χ2v) is 10.5. The van der Waals surface area contributed by atoms with Gasteiger partial charge in [0.1, 0.15) is 18.5 Å². The van der Waals surface area contributed by atoms with Crippen LogP contribution < -0.4 is 10.6 Å². The van der Waals surface area contributed by atoms with Crippen molar-refractivity contribution in [1.82, 2.24) is 20.5 Å². The van der Waals surface area contributed by atoms with Crippen LogP contribution in [0.25, 0.3) is 0 Å². The number of hydrazone groups is 1. The molecule has 4 atom stereocenters. The normalized spacial score (nSPS) is 24.5. The molecule has 2 aromatic carbocycles. The fourth-order valence-corrected chi connectivity index (χ4v) is 5.78. The van der Waals surface area contributed by atoms with Crippen molar-refractivity contribution in [3.05, 3.63) is 65.2 Å². The van der Waals surface area contributed by atoms with Crippen molar-refractivity contribution in [3.8, 4) is 5.75 Å². The first-order valence-electron chi connectivity index (χ1n) is 13.0. The molecule has 1 amide bonds. The molecular formula is C28H37N5O3. The second kappa shape index (κ2) is 10.5. The van der Waals surface area contributed by atoms with Crippen molar-refractivity contribution in [2.75, 3.05) is 19.8 Å². The summed E-state index contributed by atoms with van der Waals surface area (Å²) >= 11 is 0. The fourth-order valence-electron chi connectivity index (χ4n) is 5.78. The number of nitrogens with one attached hydrogen (secondary N) is 2. The Hall–Kier alpha value is -3.10. The number of ether oxygens (including phenoxy) is 1. The van der Waals surface area contributed by atoms with Crippen LogP contribution in [0.3, 0.4) is 0 Å². The predicted octanol–water partition coefficient (Wildman–Crippen LogP) is 2.98. The third-order valence-electron chi connectivity index (χ3n) is 7.31. The average Bonchev–Trinajstić information content (AvgIpc) is 3.36. The van der Waals surface area contributed by atoms with E-state index in [9.17, 15) is 9.90 Å². The zero-order valence-electron chi connectivity index (χ0n) is 21.4. The maximum absolute atomic E-state index is 12.5. The lowest BCUT2D eigenvalue weighted by Crippen LogP contribution is -2.50. The van der Waals surface area contributed by atoms with E-state index in [1.807, 2.05) is 19.9 Å². The van der Waals surface area contributed by atoms with E-state index in [0.29, 0.717) is 24.0 Å². The number of benzene rings is 2. The lowest BCUT2D eigenvalue weighted by Gasteiger charge is -2.39. The highest BCUT2D eigenvalue weighted by Crippen LogP contribution is 2.32. The minimum atomic E-state index is -0.346. The Bertz CT molecular complexity index is 1090. The Morgan fingerprint density at radius 1 is 1.14 bits per heavy atom. The Morgan fingerprint density at radius 2 is 1.86 bits per heavy atom. The van der Waals surface area contributed by atoms with Crippen LogP contribution in [0, 0.1) is 0 Å². The van der Waals surface area contributed by atoms with Crippen LogP contribution in [-0.2, 0) is 16.0 Å². The third-order valence-corrected chi connectivity index (χ3v) is 7.31. The summed E-state index contributed by atoms with van der Waals surface area (Å²) in [4.78, 5) is 15.2. The molecule has 3 aliphatic rings.